The zero-order valence-corrected chi connectivity index (χ0v) is 19.2. The number of likely N-dealkylation sites (tertiary alicyclic amines) is 1. The number of hydrogen-bond donors (Lipinski definition) is 1. The second-order valence-electron chi connectivity index (χ2n) is 8.70. The summed E-state index contributed by atoms with van der Waals surface area (Å²) in [6.07, 6.45) is 2.03. The quantitative estimate of drug-likeness (QED) is 0.605. The largest absolute Gasteiger partial charge is 0.379 e. The molecule has 2 fully saturated rings. The highest BCUT2D eigenvalue weighted by Gasteiger charge is 2.27. The van der Waals surface area contributed by atoms with Crippen molar-refractivity contribution in [3.63, 3.8) is 0 Å². The van der Waals surface area contributed by atoms with Gasteiger partial charge in [-0.15, -0.1) is 11.3 Å². The molecule has 2 aliphatic heterocycles. The van der Waals surface area contributed by atoms with Crippen molar-refractivity contribution in [1.29, 1.82) is 0 Å². The van der Waals surface area contributed by atoms with Gasteiger partial charge >= 0.3 is 6.03 Å². The van der Waals surface area contributed by atoms with Crippen molar-refractivity contribution in [1.82, 2.24) is 15.1 Å². The second-order valence-corrected chi connectivity index (χ2v) is 9.67. The van der Waals surface area contributed by atoms with E-state index in [0.717, 1.165) is 52.2 Å². The van der Waals surface area contributed by atoms with Gasteiger partial charge in [-0.2, -0.15) is 0 Å². The Balaban J connectivity index is 1.19. The summed E-state index contributed by atoms with van der Waals surface area (Å²) >= 11 is 1.76. The van der Waals surface area contributed by atoms with Crippen LogP contribution in [0, 0.1) is 0 Å². The molecular formula is C26H31N3O2S. The molecular weight excluding hydrogens is 418 g/mol. The molecule has 3 heterocycles. The lowest BCUT2D eigenvalue weighted by atomic mass is 9.86. The number of hydrogen-bond acceptors (Lipinski definition) is 4. The molecule has 0 aliphatic carbocycles. The van der Waals surface area contributed by atoms with Gasteiger partial charge in [0.1, 0.15) is 0 Å². The Bertz CT molecular complexity index is 1020. The number of benzene rings is 2. The first-order valence-electron chi connectivity index (χ1n) is 11.7. The van der Waals surface area contributed by atoms with Gasteiger partial charge in [0.05, 0.1) is 19.3 Å². The van der Waals surface area contributed by atoms with Gasteiger partial charge in [0.2, 0.25) is 0 Å². The number of amides is 2. The maximum absolute atomic E-state index is 13.0. The van der Waals surface area contributed by atoms with E-state index in [4.69, 9.17) is 4.74 Å². The molecule has 2 aromatic carbocycles. The molecule has 1 N–H and O–H groups in total. The highest BCUT2D eigenvalue weighted by molar-refractivity contribution is 7.10. The average molecular weight is 450 g/mol. The third-order valence-electron chi connectivity index (χ3n) is 6.85. The molecule has 1 atom stereocenters. The first-order valence-corrected chi connectivity index (χ1v) is 12.5. The van der Waals surface area contributed by atoms with Crippen LogP contribution in [0.4, 0.5) is 4.79 Å². The fourth-order valence-corrected chi connectivity index (χ4v) is 5.94. The van der Waals surface area contributed by atoms with Gasteiger partial charge in [-0.25, -0.2) is 4.79 Å². The Morgan fingerprint density at radius 2 is 1.78 bits per heavy atom. The minimum atomic E-state index is 0.0659. The summed E-state index contributed by atoms with van der Waals surface area (Å²) in [5.74, 6) is 0.511. The fraction of sp³-hybridized carbons (Fsp3) is 0.423. The molecule has 2 amide bonds. The lowest BCUT2D eigenvalue weighted by Crippen LogP contribution is -2.48. The highest BCUT2D eigenvalue weighted by Crippen LogP contribution is 2.33. The lowest BCUT2D eigenvalue weighted by molar-refractivity contribution is 0.0171. The molecule has 6 heteroatoms. The molecule has 0 bridgehead atoms. The Labute approximate surface area is 194 Å². The monoisotopic (exact) mass is 449 g/mol. The van der Waals surface area contributed by atoms with Gasteiger partial charge in [0.15, 0.2) is 0 Å². The number of thiophene rings is 1. The van der Waals surface area contributed by atoms with Crippen LogP contribution in [0.3, 0.4) is 0 Å². The van der Waals surface area contributed by atoms with Crippen molar-refractivity contribution in [2.24, 2.45) is 0 Å². The van der Waals surface area contributed by atoms with Crippen LogP contribution in [0.5, 0.6) is 0 Å². The molecule has 5 rings (SSSR count). The first kappa shape index (κ1) is 21.4. The standard InChI is InChI=1S/C26H31N3O2S/c30-26(27-19-24(25-9-4-18-32-25)28-14-16-31-17-15-28)29-12-10-21(11-13-29)23-8-3-6-20-5-1-2-7-22(20)23/h1-9,18,21,24H,10-17,19H2,(H,27,30). The first-order chi connectivity index (χ1) is 15.8. The van der Waals surface area contributed by atoms with E-state index in [1.165, 1.54) is 21.2 Å². The Hall–Kier alpha value is -2.41. The SMILES string of the molecule is O=C(NCC(c1cccs1)N1CCOCC1)N1CCC(c2cccc3ccccc23)CC1. The highest BCUT2D eigenvalue weighted by atomic mass is 32.1. The molecule has 0 saturated carbocycles. The van der Waals surface area contributed by atoms with E-state index in [9.17, 15) is 4.79 Å². The van der Waals surface area contributed by atoms with Crippen LogP contribution in [0.1, 0.15) is 35.2 Å². The van der Waals surface area contributed by atoms with Crippen LogP contribution >= 0.6 is 11.3 Å². The van der Waals surface area contributed by atoms with Crippen LogP contribution in [-0.2, 0) is 4.74 Å². The van der Waals surface area contributed by atoms with Gasteiger partial charge < -0.3 is 15.0 Å². The van der Waals surface area contributed by atoms with E-state index >= 15 is 0 Å². The van der Waals surface area contributed by atoms with Crippen molar-refractivity contribution < 1.29 is 9.53 Å². The number of fused-ring (bicyclic) bond motifs is 1. The third-order valence-corrected chi connectivity index (χ3v) is 7.82. The fourth-order valence-electron chi connectivity index (χ4n) is 5.08. The van der Waals surface area contributed by atoms with E-state index in [1.54, 1.807) is 11.3 Å². The lowest BCUT2D eigenvalue weighted by Gasteiger charge is -2.36. The summed E-state index contributed by atoms with van der Waals surface area (Å²) in [4.78, 5) is 18.7. The molecule has 3 aromatic rings. The summed E-state index contributed by atoms with van der Waals surface area (Å²) in [6.45, 7) is 5.60. The zero-order valence-electron chi connectivity index (χ0n) is 18.4. The van der Waals surface area contributed by atoms with Crippen LogP contribution in [0.15, 0.2) is 60.0 Å². The van der Waals surface area contributed by atoms with E-state index in [2.05, 4.69) is 70.2 Å². The number of ether oxygens (including phenoxy) is 1. The zero-order chi connectivity index (χ0) is 21.8. The molecule has 32 heavy (non-hydrogen) atoms. The van der Waals surface area contributed by atoms with Crippen LogP contribution in [0.25, 0.3) is 10.8 Å². The normalized spacial score (nSPS) is 19.2. The predicted octanol–water partition coefficient (Wildman–Crippen LogP) is 4.86. The molecule has 2 aliphatic rings. The van der Waals surface area contributed by atoms with E-state index in [-0.39, 0.29) is 12.1 Å². The number of piperidine rings is 1. The van der Waals surface area contributed by atoms with E-state index in [0.29, 0.717) is 12.5 Å². The Morgan fingerprint density at radius 1 is 1.00 bits per heavy atom. The molecule has 0 spiro atoms. The molecule has 0 radical (unpaired) electrons. The number of morpholine rings is 1. The van der Waals surface area contributed by atoms with Crippen molar-refractivity contribution >= 4 is 28.1 Å². The third kappa shape index (κ3) is 4.68. The van der Waals surface area contributed by atoms with Crippen molar-refractivity contribution in [3.8, 4) is 0 Å². The maximum atomic E-state index is 13.0. The average Bonchev–Trinajstić information content (AvgIpc) is 3.39. The molecule has 2 saturated heterocycles. The van der Waals surface area contributed by atoms with Crippen LogP contribution in [-0.4, -0.2) is 61.8 Å². The molecule has 168 valence electrons. The molecule has 1 unspecified atom stereocenters. The van der Waals surface area contributed by atoms with Gasteiger partial charge in [-0.3, -0.25) is 4.90 Å². The van der Waals surface area contributed by atoms with E-state index < -0.39 is 0 Å². The molecule has 1 aromatic heterocycles. The van der Waals surface area contributed by atoms with Gasteiger partial charge in [0, 0.05) is 37.6 Å². The van der Waals surface area contributed by atoms with Crippen LogP contribution in [0.2, 0.25) is 0 Å². The van der Waals surface area contributed by atoms with Gasteiger partial charge in [-0.05, 0) is 46.5 Å². The van der Waals surface area contributed by atoms with Crippen LogP contribution < -0.4 is 5.32 Å². The number of carbonyl (C=O) groups excluding carboxylic acids is 1. The van der Waals surface area contributed by atoms with Crippen molar-refractivity contribution in [3.05, 3.63) is 70.4 Å². The number of rotatable bonds is 5. The Morgan fingerprint density at radius 3 is 2.56 bits per heavy atom. The summed E-state index contributed by atoms with van der Waals surface area (Å²) in [7, 11) is 0. The number of nitrogens with zero attached hydrogens (tertiary/aromatic N) is 2. The topological polar surface area (TPSA) is 44.8 Å². The minimum absolute atomic E-state index is 0.0659. The summed E-state index contributed by atoms with van der Waals surface area (Å²) in [5, 5.41) is 8.00. The second kappa shape index (κ2) is 10.0. The summed E-state index contributed by atoms with van der Waals surface area (Å²) in [6, 6.07) is 19.8. The number of carbonyl (C=O) groups is 1. The summed E-state index contributed by atoms with van der Waals surface area (Å²) in [5.41, 5.74) is 1.42. The molecule has 5 nitrogen and oxygen atoms in total. The maximum Gasteiger partial charge on any atom is 0.317 e. The van der Waals surface area contributed by atoms with Gasteiger partial charge in [0.25, 0.3) is 0 Å². The minimum Gasteiger partial charge on any atom is -0.379 e. The van der Waals surface area contributed by atoms with Crippen molar-refractivity contribution in [2.75, 3.05) is 45.9 Å². The van der Waals surface area contributed by atoms with Gasteiger partial charge in [-0.1, -0.05) is 48.5 Å². The van der Waals surface area contributed by atoms with Crippen molar-refractivity contribution in [2.45, 2.75) is 24.8 Å². The smallest absolute Gasteiger partial charge is 0.317 e. The predicted molar refractivity (Wildman–Crippen MR) is 130 cm³/mol. The number of nitrogens with one attached hydrogen (secondary N) is 1. The number of urea groups is 1. The Kier molecular flexibility index (Phi) is 6.72. The van der Waals surface area contributed by atoms with E-state index in [1.807, 2.05) is 4.90 Å². The summed E-state index contributed by atoms with van der Waals surface area (Å²) < 4.78 is 5.53.